The van der Waals surface area contributed by atoms with Gasteiger partial charge in [0.15, 0.2) is 0 Å². The van der Waals surface area contributed by atoms with Gasteiger partial charge in [-0.15, -0.1) is 0 Å². The maximum Gasteiger partial charge on any atom is 0.0402 e. The normalized spacial score (nSPS) is 4.50. The van der Waals surface area contributed by atoms with Gasteiger partial charge in [0.05, 0.1) is 0 Å². The van der Waals surface area contributed by atoms with E-state index in [1.54, 1.807) is 6.92 Å². The Morgan fingerprint density at radius 2 is 1.75 bits per heavy atom. The molecule has 0 spiro atoms. The van der Waals surface area contributed by atoms with Crippen LogP contribution < -0.4 is 0 Å². The van der Waals surface area contributed by atoms with Crippen LogP contribution in [0.2, 0.25) is 0 Å². The summed E-state index contributed by atoms with van der Waals surface area (Å²) >= 11 is 0. The van der Waals surface area contributed by atoms with Crippen LogP contribution in [0.1, 0.15) is 6.92 Å². The zero-order chi connectivity index (χ0) is 2.71. The fraction of sp³-hybridized carbons (Fsp3) is 1.00. The van der Waals surface area contributed by atoms with Gasteiger partial charge in [-0.05, 0) is 6.92 Å². The van der Waals surface area contributed by atoms with Gasteiger partial charge in [0.25, 0.3) is 0 Å². The van der Waals surface area contributed by atoms with E-state index in [9.17, 15) is 0 Å². The molecule has 0 saturated heterocycles. The molecule has 0 amide bonds. The predicted molar refractivity (Wildman–Crippen MR) is 12.8 cm³/mol. The van der Waals surface area contributed by atoms with E-state index in [0.29, 0.717) is 0 Å². The molecular formula is C2H6OZn. The fourth-order valence-electron chi connectivity index (χ4n) is 0. The van der Waals surface area contributed by atoms with Crippen LogP contribution in [-0.4, -0.2) is 11.7 Å². The van der Waals surface area contributed by atoms with Crippen LogP contribution in [-0.2, 0) is 19.5 Å². The first kappa shape index (κ1) is 8.82. The first-order valence-electron chi connectivity index (χ1n) is 1.02. The van der Waals surface area contributed by atoms with E-state index >= 15 is 0 Å². The smallest absolute Gasteiger partial charge is 0.0402 e. The molecule has 0 aromatic carbocycles. The van der Waals surface area contributed by atoms with E-state index in [4.69, 9.17) is 5.11 Å². The minimum absolute atomic E-state index is 0. The van der Waals surface area contributed by atoms with Gasteiger partial charge in [0.1, 0.15) is 0 Å². The van der Waals surface area contributed by atoms with E-state index < -0.39 is 0 Å². The minimum atomic E-state index is 0. The summed E-state index contributed by atoms with van der Waals surface area (Å²) in [5, 5.41) is 7.57. The molecule has 0 aliphatic rings. The number of aliphatic hydroxyl groups is 1. The second-order valence-corrected chi connectivity index (χ2v) is 0.316. The summed E-state index contributed by atoms with van der Waals surface area (Å²) in [6.45, 7) is 1.93. The Morgan fingerprint density at radius 1 is 1.75 bits per heavy atom. The standard InChI is InChI=1S/C2H6O.Zn/c1-2-3;/h3H,2H2,1H3;. The Labute approximate surface area is 38.8 Å². The van der Waals surface area contributed by atoms with Crippen LogP contribution in [0.15, 0.2) is 0 Å². The van der Waals surface area contributed by atoms with Crippen LogP contribution in [0.5, 0.6) is 0 Å². The molecule has 1 N–H and O–H groups in total. The molecule has 1 nitrogen and oxygen atoms in total. The summed E-state index contributed by atoms with van der Waals surface area (Å²) in [6.07, 6.45) is 0. The molecular weight excluding hydrogens is 105 g/mol. The number of rotatable bonds is 0. The molecule has 0 aromatic heterocycles. The molecule has 4 heavy (non-hydrogen) atoms. The number of hydrogen-bond donors (Lipinski definition) is 1. The Bertz CT molecular complexity index is 6.00. The topological polar surface area (TPSA) is 20.2 Å². The molecule has 0 aliphatic carbocycles. The molecule has 0 radical (unpaired) electrons. The van der Waals surface area contributed by atoms with Gasteiger partial charge in [0, 0.05) is 26.1 Å². The third-order valence-electron chi connectivity index (χ3n) is 0. The molecule has 2 heteroatoms. The van der Waals surface area contributed by atoms with Crippen molar-refractivity contribution >= 4 is 0 Å². The van der Waals surface area contributed by atoms with Gasteiger partial charge in [-0.3, -0.25) is 0 Å². The Kier molecular flexibility index (Phi) is 21.0. The number of aliphatic hydroxyl groups excluding tert-OH is 1. The van der Waals surface area contributed by atoms with E-state index in [-0.39, 0.29) is 26.1 Å². The summed E-state index contributed by atoms with van der Waals surface area (Å²) in [6, 6.07) is 0. The Morgan fingerprint density at radius 3 is 1.75 bits per heavy atom. The van der Waals surface area contributed by atoms with Gasteiger partial charge < -0.3 is 5.11 Å². The summed E-state index contributed by atoms with van der Waals surface area (Å²) in [5.41, 5.74) is 0. The average molecular weight is 111 g/mol. The maximum atomic E-state index is 7.57. The molecule has 0 unspecified atom stereocenters. The van der Waals surface area contributed by atoms with Crippen molar-refractivity contribution < 1.29 is 24.6 Å². The van der Waals surface area contributed by atoms with Gasteiger partial charge in [-0.2, -0.15) is 0 Å². The summed E-state index contributed by atoms with van der Waals surface area (Å²) in [4.78, 5) is 0. The van der Waals surface area contributed by atoms with Crippen molar-refractivity contribution in [2.75, 3.05) is 6.61 Å². The summed E-state index contributed by atoms with van der Waals surface area (Å²) in [5.74, 6) is 0. The van der Waals surface area contributed by atoms with Crippen molar-refractivity contribution in [1.82, 2.24) is 0 Å². The number of hydrogen-bond acceptors (Lipinski definition) is 1. The van der Waals surface area contributed by atoms with Crippen LogP contribution in [0.25, 0.3) is 0 Å². The van der Waals surface area contributed by atoms with Crippen LogP contribution >= 0.6 is 0 Å². The molecule has 0 heterocycles. The summed E-state index contributed by atoms with van der Waals surface area (Å²) in [7, 11) is 0. The van der Waals surface area contributed by atoms with Crippen molar-refractivity contribution in [3.63, 3.8) is 0 Å². The van der Waals surface area contributed by atoms with Crippen LogP contribution in [0.3, 0.4) is 0 Å². The molecule has 0 aliphatic heterocycles. The van der Waals surface area contributed by atoms with Crippen molar-refractivity contribution in [2.24, 2.45) is 0 Å². The van der Waals surface area contributed by atoms with E-state index in [1.165, 1.54) is 0 Å². The molecule has 22 valence electrons. The average Bonchev–Trinajstić information content (AvgIpc) is 0.918. The second kappa shape index (κ2) is 9.54. The molecule has 0 fully saturated rings. The van der Waals surface area contributed by atoms with Crippen LogP contribution in [0, 0.1) is 0 Å². The van der Waals surface area contributed by atoms with E-state index in [0.717, 1.165) is 0 Å². The molecule has 0 saturated carbocycles. The first-order valence-corrected chi connectivity index (χ1v) is 1.02. The van der Waals surface area contributed by atoms with E-state index in [1.807, 2.05) is 0 Å². The second-order valence-electron chi connectivity index (χ2n) is 0.316. The van der Waals surface area contributed by atoms with Gasteiger partial charge in [0.2, 0.25) is 0 Å². The van der Waals surface area contributed by atoms with Gasteiger partial charge >= 0.3 is 0 Å². The molecule has 0 aromatic rings. The van der Waals surface area contributed by atoms with Gasteiger partial charge in [-0.25, -0.2) is 0 Å². The first-order chi connectivity index (χ1) is 1.41. The van der Waals surface area contributed by atoms with Crippen LogP contribution in [0.4, 0.5) is 0 Å². The Hall–Kier alpha value is 0.583. The quantitative estimate of drug-likeness (QED) is 0.436. The van der Waals surface area contributed by atoms with Crippen molar-refractivity contribution in [3.8, 4) is 0 Å². The van der Waals surface area contributed by atoms with E-state index in [2.05, 4.69) is 0 Å². The summed E-state index contributed by atoms with van der Waals surface area (Å²) < 4.78 is 0. The molecule has 0 atom stereocenters. The van der Waals surface area contributed by atoms with Crippen molar-refractivity contribution in [2.45, 2.75) is 6.92 Å². The maximum absolute atomic E-state index is 7.57. The minimum Gasteiger partial charge on any atom is -0.397 e. The monoisotopic (exact) mass is 110 g/mol. The Balaban J connectivity index is 0. The third kappa shape index (κ3) is 19.0. The van der Waals surface area contributed by atoms with Crippen molar-refractivity contribution in [1.29, 1.82) is 0 Å². The third-order valence-corrected chi connectivity index (χ3v) is 0. The zero-order valence-electron chi connectivity index (χ0n) is 2.86. The SMILES string of the molecule is CCO.[Zn]. The molecule has 0 rings (SSSR count). The van der Waals surface area contributed by atoms with Gasteiger partial charge in [-0.1, -0.05) is 0 Å². The molecule has 0 bridgehead atoms. The zero-order valence-corrected chi connectivity index (χ0v) is 5.83. The fourth-order valence-corrected chi connectivity index (χ4v) is 0. The van der Waals surface area contributed by atoms with Crippen molar-refractivity contribution in [3.05, 3.63) is 0 Å². The largest absolute Gasteiger partial charge is 0.397 e. The predicted octanol–water partition coefficient (Wildman–Crippen LogP) is -0.00390.